The lowest BCUT2D eigenvalue weighted by molar-refractivity contribution is -0.223. The fraction of sp³-hybridized carbons (Fsp3) is 0.690. The van der Waals surface area contributed by atoms with Crippen molar-refractivity contribution >= 4 is 13.6 Å². The van der Waals surface area contributed by atoms with Crippen molar-refractivity contribution in [2.75, 3.05) is 59.0 Å². The van der Waals surface area contributed by atoms with Crippen molar-refractivity contribution in [1.29, 1.82) is 0 Å². The highest BCUT2D eigenvalue weighted by atomic mass is 31.2. The molecule has 22 heteroatoms. The average molecular weight is 766 g/mol. The first-order chi connectivity index (χ1) is 24.2. The quantitative estimate of drug-likeness (QED) is 0.0201. The average Bonchev–Trinajstić information content (AvgIpc) is 3.55. The molecule has 5 N–H and O–H groups in total. The first-order valence-electron chi connectivity index (χ1n) is 15.9. The number of carbonyl (C=O) groups is 1. The maximum absolute atomic E-state index is 13.6. The smallest absolute Gasteiger partial charge is 0.325 e. The zero-order valence-electron chi connectivity index (χ0n) is 27.3. The molecule has 290 valence electrons. The van der Waals surface area contributed by atoms with E-state index in [1.807, 2.05) is 0 Å². The fourth-order valence-corrected chi connectivity index (χ4v) is 5.35. The Balaban J connectivity index is 1.16. The molecule has 0 saturated carbocycles. The van der Waals surface area contributed by atoms with E-state index >= 15 is 0 Å². The lowest BCUT2D eigenvalue weighted by atomic mass is 9.91. The van der Waals surface area contributed by atoms with Crippen molar-refractivity contribution in [3.8, 4) is 5.75 Å². The van der Waals surface area contributed by atoms with Crippen LogP contribution in [0.1, 0.15) is 31.4 Å². The zero-order chi connectivity index (χ0) is 37.6. The Hall–Kier alpha value is -2.69. The number of aliphatic hydroxyl groups excluding tert-OH is 3. The second-order valence-electron chi connectivity index (χ2n) is 11.3. The summed E-state index contributed by atoms with van der Waals surface area (Å²) in [6.45, 7) is 1.71. The van der Waals surface area contributed by atoms with E-state index < -0.39 is 91.5 Å². The van der Waals surface area contributed by atoms with Gasteiger partial charge in [-0.1, -0.05) is 5.21 Å². The van der Waals surface area contributed by atoms with Gasteiger partial charge >= 0.3 is 13.6 Å². The van der Waals surface area contributed by atoms with Gasteiger partial charge in [0.05, 0.1) is 89.9 Å². The van der Waals surface area contributed by atoms with E-state index in [0.29, 0.717) is 44.7 Å². The van der Waals surface area contributed by atoms with Crippen molar-refractivity contribution in [3.63, 3.8) is 0 Å². The van der Waals surface area contributed by atoms with Crippen molar-refractivity contribution < 1.29 is 84.8 Å². The Morgan fingerprint density at radius 2 is 1.27 bits per heavy atom. The third-order valence-electron chi connectivity index (χ3n) is 7.44. The lowest BCUT2D eigenvalue weighted by Gasteiger charge is -2.41. The van der Waals surface area contributed by atoms with Crippen LogP contribution in [-0.2, 0) is 46.0 Å². The van der Waals surface area contributed by atoms with Crippen LogP contribution in [0, 0.1) is 29.1 Å². The Labute approximate surface area is 288 Å². The van der Waals surface area contributed by atoms with Gasteiger partial charge in [-0.05, 0) is 25.7 Å². The number of hydrogen-bond acceptors (Lipinski definition) is 13. The van der Waals surface area contributed by atoms with E-state index in [2.05, 4.69) is 15.0 Å². The number of rotatable bonds is 23. The second kappa shape index (κ2) is 21.1. The first-order valence-corrected chi connectivity index (χ1v) is 17.7. The molecule has 5 atom stereocenters. The number of hydrogen-bond donors (Lipinski definition) is 5. The standard InChI is InChI=1S/C29H41F5N3O13P/c30-21-22(31)24(33)29(25(34)23(21)32)50-20(38)4-7-45-9-11-47-13-14-48-12-10-46-8-6-37-16-17(35-36-37)2-1-3-18-26(39)28(41)27(40)19(49-18)5-15-51(42,43)44/h16,18-19,26-28,39-41H,1-15H2,(H2,42,43,44)/t18-,19-,26-,27-,28-/m1/s1. The molecule has 3 rings (SSSR count). The van der Waals surface area contributed by atoms with E-state index in [-0.39, 0.29) is 46.1 Å². The summed E-state index contributed by atoms with van der Waals surface area (Å²) in [5.74, 6) is -14.3. The molecule has 0 spiro atoms. The number of ether oxygens (including phenoxy) is 6. The number of nitrogens with zero attached hydrogens (tertiary/aromatic N) is 3. The molecule has 1 saturated heterocycles. The van der Waals surface area contributed by atoms with Crippen LogP contribution in [0.2, 0.25) is 0 Å². The molecule has 2 heterocycles. The zero-order valence-corrected chi connectivity index (χ0v) is 28.1. The van der Waals surface area contributed by atoms with Gasteiger partial charge in [-0.15, -0.1) is 5.10 Å². The summed E-state index contributed by atoms with van der Waals surface area (Å²) in [7, 11) is -4.32. The second-order valence-corrected chi connectivity index (χ2v) is 13.1. The van der Waals surface area contributed by atoms with Gasteiger partial charge < -0.3 is 53.5 Å². The van der Waals surface area contributed by atoms with Crippen LogP contribution in [0.3, 0.4) is 0 Å². The number of aliphatic hydroxyl groups is 3. The third-order valence-corrected chi connectivity index (χ3v) is 8.28. The largest absolute Gasteiger partial charge is 0.420 e. The highest BCUT2D eigenvalue weighted by Gasteiger charge is 2.43. The number of aryl methyl sites for hydroxylation is 1. The molecule has 1 aliphatic rings. The van der Waals surface area contributed by atoms with Crippen LogP contribution >= 0.6 is 7.60 Å². The molecule has 1 aromatic carbocycles. The fourth-order valence-electron chi connectivity index (χ4n) is 4.76. The summed E-state index contributed by atoms with van der Waals surface area (Å²) in [6.07, 6.45) is -4.41. The first kappa shape index (κ1) is 42.7. The molecule has 51 heavy (non-hydrogen) atoms. The van der Waals surface area contributed by atoms with E-state index in [4.69, 9.17) is 33.5 Å². The summed E-state index contributed by atoms with van der Waals surface area (Å²) in [5.41, 5.74) is 0.668. The topological polar surface area (TPSA) is 221 Å². The normalized spacial score (nSPS) is 20.9. The molecule has 0 bridgehead atoms. The van der Waals surface area contributed by atoms with Gasteiger partial charge in [0, 0.05) is 6.20 Å². The van der Waals surface area contributed by atoms with Crippen LogP contribution < -0.4 is 4.74 Å². The van der Waals surface area contributed by atoms with Gasteiger partial charge in [-0.25, -0.2) is 17.9 Å². The number of carbonyl (C=O) groups excluding carboxylic acids is 1. The van der Waals surface area contributed by atoms with E-state index in [1.165, 1.54) is 0 Å². The molecule has 2 aromatic rings. The van der Waals surface area contributed by atoms with Gasteiger partial charge in [-0.2, -0.15) is 8.78 Å². The van der Waals surface area contributed by atoms with Crippen LogP contribution in [-0.4, -0.2) is 136 Å². The van der Waals surface area contributed by atoms with Gasteiger partial charge in [0.1, 0.15) is 18.3 Å². The highest BCUT2D eigenvalue weighted by molar-refractivity contribution is 7.51. The van der Waals surface area contributed by atoms with E-state index in [0.717, 1.165) is 0 Å². The maximum Gasteiger partial charge on any atom is 0.325 e. The Morgan fingerprint density at radius 3 is 1.84 bits per heavy atom. The van der Waals surface area contributed by atoms with Crippen LogP contribution in [0.4, 0.5) is 22.0 Å². The summed E-state index contributed by atoms with van der Waals surface area (Å²) >= 11 is 0. The van der Waals surface area contributed by atoms with E-state index in [1.54, 1.807) is 10.9 Å². The van der Waals surface area contributed by atoms with Crippen molar-refractivity contribution in [2.24, 2.45) is 0 Å². The van der Waals surface area contributed by atoms with Gasteiger partial charge in [0.2, 0.25) is 34.8 Å². The summed E-state index contributed by atoms with van der Waals surface area (Å²) in [4.78, 5) is 29.8. The minimum atomic E-state index is -4.32. The monoisotopic (exact) mass is 765 g/mol. The predicted octanol–water partition coefficient (Wildman–Crippen LogP) is 0.776. The minimum Gasteiger partial charge on any atom is -0.420 e. The molecule has 0 radical (unpaired) electrons. The van der Waals surface area contributed by atoms with Gasteiger partial charge in [0.15, 0.2) is 0 Å². The Kier molecular flexibility index (Phi) is 17.7. The number of halogens is 5. The van der Waals surface area contributed by atoms with Crippen LogP contribution in [0.5, 0.6) is 5.75 Å². The van der Waals surface area contributed by atoms with Gasteiger partial charge in [0.25, 0.3) is 0 Å². The highest BCUT2D eigenvalue weighted by Crippen LogP contribution is 2.37. The molecule has 0 unspecified atom stereocenters. The Bertz CT molecular complexity index is 1410. The van der Waals surface area contributed by atoms with Crippen LogP contribution in [0.25, 0.3) is 0 Å². The van der Waals surface area contributed by atoms with Crippen LogP contribution in [0.15, 0.2) is 6.20 Å². The molecule has 1 fully saturated rings. The van der Waals surface area contributed by atoms with Crippen molar-refractivity contribution in [1.82, 2.24) is 15.0 Å². The molecule has 0 amide bonds. The van der Waals surface area contributed by atoms with E-state index in [9.17, 15) is 46.6 Å². The number of esters is 1. The van der Waals surface area contributed by atoms with Crippen molar-refractivity contribution in [3.05, 3.63) is 41.0 Å². The molecular formula is C29H41F5N3O13P. The molecule has 0 aliphatic carbocycles. The number of aromatic nitrogens is 3. The summed E-state index contributed by atoms with van der Waals surface area (Å²) < 4.78 is 110. The maximum atomic E-state index is 13.6. The predicted molar refractivity (Wildman–Crippen MR) is 161 cm³/mol. The molecular weight excluding hydrogens is 724 g/mol. The van der Waals surface area contributed by atoms with Gasteiger partial charge in [-0.3, -0.25) is 9.36 Å². The Morgan fingerprint density at radius 1 is 0.765 bits per heavy atom. The molecule has 1 aromatic heterocycles. The van der Waals surface area contributed by atoms with Crippen molar-refractivity contribution in [2.45, 2.75) is 69.2 Å². The molecule has 16 nitrogen and oxygen atoms in total. The third kappa shape index (κ3) is 14.0. The lowest BCUT2D eigenvalue weighted by Crippen LogP contribution is -2.57. The summed E-state index contributed by atoms with van der Waals surface area (Å²) in [6, 6.07) is 0. The minimum absolute atomic E-state index is 0.0422. The SMILES string of the molecule is O=C(CCOCCOCCOCCOCCn1cc(CCC[C@H]2O[C@H](CCP(=O)(O)O)[C@@H](O)[C@H](O)[C@@H]2O)nn1)Oc1c(F)c(F)c(F)c(F)c1F. The number of benzene rings is 1. The molecule has 1 aliphatic heterocycles. The summed E-state index contributed by atoms with van der Waals surface area (Å²) in [5, 5.41) is 38.6.